The first-order valence-corrected chi connectivity index (χ1v) is 7.01. The molecule has 18 heavy (non-hydrogen) atoms. The molecule has 0 spiro atoms. The zero-order valence-corrected chi connectivity index (χ0v) is 10.8. The lowest BCUT2D eigenvalue weighted by molar-refractivity contribution is 0.178. The van der Waals surface area contributed by atoms with Gasteiger partial charge < -0.3 is 15.3 Å². The van der Waals surface area contributed by atoms with E-state index in [1.165, 1.54) is 38.0 Å². The van der Waals surface area contributed by atoms with Gasteiger partial charge in [-0.1, -0.05) is 30.3 Å². The highest BCUT2D eigenvalue weighted by molar-refractivity contribution is 5.19. The van der Waals surface area contributed by atoms with Crippen LogP contribution in [0.4, 0.5) is 0 Å². The van der Waals surface area contributed by atoms with E-state index >= 15 is 0 Å². The minimum Gasteiger partial charge on any atom is -0.394 e. The maximum absolute atomic E-state index is 9.61. The van der Waals surface area contributed by atoms with E-state index in [-0.39, 0.29) is 12.6 Å². The van der Waals surface area contributed by atoms with E-state index in [0.717, 1.165) is 5.92 Å². The molecule has 2 fully saturated rings. The normalized spacial score (nSPS) is 32.4. The molecule has 0 radical (unpaired) electrons. The van der Waals surface area contributed by atoms with Crippen LogP contribution in [0.2, 0.25) is 0 Å². The summed E-state index contributed by atoms with van der Waals surface area (Å²) in [5, 5.41) is 13.3. The summed E-state index contributed by atoms with van der Waals surface area (Å²) in [6.45, 7) is 3.89. The second-order valence-electron chi connectivity index (χ2n) is 5.56. The van der Waals surface area contributed by atoms with Gasteiger partial charge in [-0.25, -0.2) is 0 Å². The van der Waals surface area contributed by atoms with Crippen LogP contribution in [0.15, 0.2) is 30.3 Å². The van der Waals surface area contributed by atoms with Crippen molar-refractivity contribution in [1.29, 1.82) is 0 Å². The lowest BCUT2D eigenvalue weighted by Crippen LogP contribution is -2.45. The summed E-state index contributed by atoms with van der Waals surface area (Å²) >= 11 is 0. The lowest BCUT2D eigenvalue weighted by Gasteiger charge is -2.33. The molecular formula is C15H22N2O. The first kappa shape index (κ1) is 12.2. The van der Waals surface area contributed by atoms with Crippen LogP contribution in [0.1, 0.15) is 24.4 Å². The summed E-state index contributed by atoms with van der Waals surface area (Å²) in [5.74, 6) is 0.775. The van der Waals surface area contributed by atoms with Gasteiger partial charge in [0.2, 0.25) is 0 Å². The van der Waals surface area contributed by atoms with Crippen molar-refractivity contribution in [2.24, 2.45) is 5.92 Å². The average molecular weight is 246 g/mol. The quantitative estimate of drug-likeness (QED) is 0.843. The van der Waals surface area contributed by atoms with Gasteiger partial charge in [0.05, 0.1) is 12.6 Å². The highest BCUT2D eigenvalue weighted by atomic mass is 16.3. The third-order valence-corrected chi connectivity index (χ3v) is 4.43. The van der Waals surface area contributed by atoms with E-state index in [9.17, 15) is 5.11 Å². The van der Waals surface area contributed by atoms with Crippen LogP contribution in [0.5, 0.6) is 0 Å². The number of aliphatic hydroxyl groups is 1. The Morgan fingerprint density at radius 1 is 1.22 bits per heavy atom. The monoisotopic (exact) mass is 246 g/mol. The molecule has 0 aromatic heterocycles. The van der Waals surface area contributed by atoms with Crippen LogP contribution in [0.3, 0.4) is 0 Å². The Bertz CT molecular complexity index is 381. The number of fused-ring (bicyclic) bond motifs is 2. The first-order chi connectivity index (χ1) is 8.86. The van der Waals surface area contributed by atoms with Crippen molar-refractivity contribution < 1.29 is 5.11 Å². The number of aliphatic hydroxyl groups excluding tert-OH is 1. The van der Waals surface area contributed by atoms with E-state index in [2.05, 4.69) is 22.3 Å². The molecule has 3 heteroatoms. The molecule has 0 amide bonds. The summed E-state index contributed by atoms with van der Waals surface area (Å²) in [6, 6.07) is 10.9. The highest BCUT2D eigenvalue weighted by Crippen LogP contribution is 2.28. The molecule has 2 bridgehead atoms. The minimum absolute atomic E-state index is 0.0864. The molecule has 0 aliphatic carbocycles. The van der Waals surface area contributed by atoms with Gasteiger partial charge in [0.1, 0.15) is 0 Å². The summed E-state index contributed by atoms with van der Waals surface area (Å²) in [5.41, 5.74) is 1.19. The summed E-state index contributed by atoms with van der Waals surface area (Å²) < 4.78 is 0. The van der Waals surface area contributed by atoms with E-state index in [1.807, 2.05) is 18.2 Å². The topological polar surface area (TPSA) is 35.5 Å². The van der Waals surface area contributed by atoms with Gasteiger partial charge in [-0.2, -0.15) is 0 Å². The molecule has 4 unspecified atom stereocenters. The predicted molar refractivity (Wildman–Crippen MR) is 72.4 cm³/mol. The zero-order valence-electron chi connectivity index (χ0n) is 10.8. The predicted octanol–water partition coefficient (Wildman–Crippen LogP) is 1.40. The second-order valence-corrected chi connectivity index (χ2v) is 5.56. The zero-order chi connectivity index (χ0) is 12.4. The second kappa shape index (κ2) is 5.39. The fraction of sp³-hybridized carbons (Fsp3) is 0.600. The van der Waals surface area contributed by atoms with E-state index in [4.69, 9.17) is 0 Å². The first-order valence-electron chi connectivity index (χ1n) is 7.01. The molecule has 3 rings (SSSR count). The maximum atomic E-state index is 9.61. The molecule has 2 N–H and O–H groups in total. The SMILES string of the molecule is OCC(NC1CCN2CCC1C2)c1ccccc1. The smallest absolute Gasteiger partial charge is 0.0626 e. The highest BCUT2D eigenvalue weighted by Gasteiger charge is 2.35. The molecule has 1 aromatic rings. The largest absolute Gasteiger partial charge is 0.394 e. The molecule has 2 aliphatic heterocycles. The molecule has 1 aromatic carbocycles. The Balaban J connectivity index is 1.67. The van der Waals surface area contributed by atoms with Crippen LogP contribution < -0.4 is 5.32 Å². The van der Waals surface area contributed by atoms with E-state index < -0.39 is 0 Å². The Labute approximate surface area is 109 Å². The standard InChI is InChI=1S/C15H22N2O/c18-11-15(12-4-2-1-3-5-12)16-14-7-9-17-8-6-13(14)10-17/h1-5,13-16,18H,6-11H2. The summed E-state index contributed by atoms with van der Waals surface area (Å²) in [6.07, 6.45) is 2.53. The van der Waals surface area contributed by atoms with Crippen molar-refractivity contribution in [2.75, 3.05) is 26.2 Å². The number of piperidine rings is 1. The number of nitrogens with one attached hydrogen (secondary N) is 1. The van der Waals surface area contributed by atoms with Gasteiger partial charge in [0, 0.05) is 12.6 Å². The van der Waals surface area contributed by atoms with Gasteiger partial charge in [-0.3, -0.25) is 0 Å². The maximum Gasteiger partial charge on any atom is 0.0626 e. The third-order valence-electron chi connectivity index (χ3n) is 4.43. The van der Waals surface area contributed by atoms with Crippen LogP contribution in [0.25, 0.3) is 0 Å². The Morgan fingerprint density at radius 3 is 2.78 bits per heavy atom. The number of benzene rings is 1. The Kier molecular flexibility index (Phi) is 3.64. The Morgan fingerprint density at radius 2 is 2.00 bits per heavy atom. The molecular weight excluding hydrogens is 224 g/mol. The van der Waals surface area contributed by atoms with Gasteiger partial charge >= 0.3 is 0 Å². The van der Waals surface area contributed by atoms with Crippen LogP contribution >= 0.6 is 0 Å². The molecule has 2 heterocycles. The minimum atomic E-state index is 0.0864. The van der Waals surface area contributed by atoms with Crippen molar-refractivity contribution in [2.45, 2.75) is 24.9 Å². The molecule has 2 saturated heterocycles. The van der Waals surface area contributed by atoms with Crippen LogP contribution in [0, 0.1) is 5.92 Å². The van der Waals surface area contributed by atoms with Crippen molar-refractivity contribution in [3.63, 3.8) is 0 Å². The molecule has 98 valence electrons. The van der Waals surface area contributed by atoms with Crippen molar-refractivity contribution in [3.05, 3.63) is 35.9 Å². The summed E-state index contributed by atoms with van der Waals surface area (Å²) in [7, 11) is 0. The fourth-order valence-electron chi connectivity index (χ4n) is 3.37. The van der Waals surface area contributed by atoms with E-state index in [1.54, 1.807) is 0 Å². The van der Waals surface area contributed by atoms with Crippen LogP contribution in [-0.2, 0) is 0 Å². The number of hydrogen-bond donors (Lipinski definition) is 2. The average Bonchev–Trinajstić information content (AvgIpc) is 2.82. The van der Waals surface area contributed by atoms with Gasteiger partial charge in [-0.15, -0.1) is 0 Å². The Hall–Kier alpha value is -0.900. The van der Waals surface area contributed by atoms with Gasteiger partial charge in [0.25, 0.3) is 0 Å². The third kappa shape index (κ3) is 2.44. The van der Waals surface area contributed by atoms with Crippen LogP contribution in [-0.4, -0.2) is 42.3 Å². The molecule has 0 saturated carbocycles. The summed E-state index contributed by atoms with van der Waals surface area (Å²) in [4.78, 5) is 2.55. The number of nitrogens with zero attached hydrogens (tertiary/aromatic N) is 1. The lowest BCUT2D eigenvalue weighted by atomic mass is 9.92. The molecule has 3 nitrogen and oxygen atoms in total. The molecule has 2 aliphatic rings. The number of hydrogen-bond acceptors (Lipinski definition) is 3. The molecule has 4 atom stereocenters. The van der Waals surface area contributed by atoms with Gasteiger partial charge in [0.15, 0.2) is 0 Å². The van der Waals surface area contributed by atoms with Crippen molar-refractivity contribution >= 4 is 0 Å². The van der Waals surface area contributed by atoms with Crippen molar-refractivity contribution in [1.82, 2.24) is 10.2 Å². The van der Waals surface area contributed by atoms with Crippen molar-refractivity contribution in [3.8, 4) is 0 Å². The number of rotatable bonds is 4. The van der Waals surface area contributed by atoms with Gasteiger partial charge in [-0.05, 0) is 37.4 Å². The fourth-order valence-corrected chi connectivity index (χ4v) is 3.37. The van der Waals surface area contributed by atoms with E-state index in [0.29, 0.717) is 6.04 Å².